The molecule has 1 aromatic heterocycles. The largest absolute Gasteiger partial charge is 0.423 e. The van der Waals surface area contributed by atoms with Crippen molar-refractivity contribution in [2.75, 3.05) is 0 Å². The number of Topliss-reactive ketones (excluding diaryl/α,β-unsaturated/α-hetero) is 1. The highest BCUT2D eigenvalue weighted by Crippen LogP contribution is 2.20. The molecular formula is C23H16O3. The third-order valence-electron chi connectivity index (χ3n) is 4.38. The quantitative estimate of drug-likeness (QED) is 0.393. The van der Waals surface area contributed by atoms with E-state index in [1.165, 1.54) is 0 Å². The number of carbonyl (C=O) groups is 1. The van der Waals surface area contributed by atoms with Crippen molar-refractivity contribution in [2.45, 2.75) is 6.42 Å². The van der Waals surface area contributed by atoms with E-state index < -0.39 is 5.63 Å². The van der Waals surface area contributed by atoms with Gasteiger partial charge < -0.3 is 4.42 Å². The predicted molar refractivity (Wildman–Crippen MR) is 102 cm³/mol. The Hall–Kier alpha value is -3.46. The second kappa shape index (κ2) is 6.81. The summed E-state index contributed by atoms with van der Waals surface area (Å²) in [5, 5.41) is 0.814. The molecule has 126 valence electrons. The summed E-state index contributed by atoms with van der Waals surface area (Å²) < 4.78 is 5.30. The van der Waals surface area contributed by atoms with Crippen molar-refractivity contribution in [1.82, 2.24) is 0 Å². The van der Waals surface area contributed by atoms with Crippen LogP contribution in [-0.4, -0.2) is 5.78 Å². The molecule has 0 bridgehead atoms. The van der Waals surface area contributed by atoms with Crippen molar-refractivity contribution in [3.8, 4) is 11.1 Å². The monoisotopic (exact) mass is 340 g/mol. The third-order valence-corrected chi connectivity index (χ3v) is 4.38. The summed E-state index contributed by atoms with van der Waals surface area (Å²) in [7, 11) is 0. The average molecular weight is 340 g/mol. The van der Waals surface area contributed by atoms with Gasteiger partial charge in [0.2, 0.25) is 0 Å². The van der Waals surface area contributed by atoms with Gasteiger partial charge in [-0.15, -0.1) is 0 Å². The molecule has 4 aromatic rings. The molecule has 0 saturated heterocycles. The van der Waals surface area contributed by atoms with Crippen LogP contribution in [0.2, 0.25) is 0 Å². The molecule has 0 unspecified atom stereocenters. The highest BCUT2D eigenvalue weighted by molar-refractivity contribution is 5.98. The molecule has 0 radical (unpaired) electrons. The summed E-state index contributed by atoms with van der Waals surface area (Å²) >= 11 is 0. The summed E-state index contributed by atoms with van der Waals surface area (Å²) in [4.78, 5) is 24.7. The number of fused-ring (bicyclic) bond motifs is 1. The molecule has 0 atom stereocenters. The number of ketones is 1. The smallest absolute Gasteiger partial charge is 0.339 e. The molecule has 3 nitrogen and oxygen atoms in total. The van der Waals surface area contributed by atoms with E-state index in [1.807, 2.05) is 60.7 Å². The SMILES string of the molecule is O=C(Cc1cc2ccccc2oc1=O)c1ccc(-c2ccccc2)cc1. The zero-order chi connectivity index (χ0) is 17.9. The summed E-state index contributed by atoms with van der Waals surface area (Å²) in [5.41, 5.74) is 3.17. The first-order chi connectivity index (χ1) is 12.7. The van der Waals surface area contributed by atoms with E-state index in [-0.39, 0.29) is 12.2 Å². The molecule has 0 aliphatic heterocycles. The molecule has 0 fully saturated rings. The Labute approximate surface area is 150 Å². The van der Waals surface area contributed by atoms with E-state index in [0.29, 0.717) is 16.7 Å². The standard InChI is InChI=1S/C23H16O3/c24-21(15-20-14-19-8-4-5-9-22(19)26-23(20)25)18-12-10-17(11-13-18)16-6-2-1-3-7-16/h1-14H,15H2. The summed E-state index contributed by atoms with van der Waals surface area (Å²) in [6.45, 7) is 0. The summed E-state index contributed by atoms with van der Waals surface area (Å²) in [5.74, 6) is -0.104. The molecular weight excluding hydrogens is 324 g/mol. The molecule has 1 heterocycles. The fourth-order valence-electron chi connectivity index (χ4n) is 2.98. The molecule has 3 heteroatoms. The topological polar surface area (TPSA) is 47.3 Å². The molecule has 0 aliphatic rings. The van der Waals surface area contributed by atoms with Gasteiger partial charge in [0.15, 0.2) is 5.78 Å². The van der Waals surface area contributed by atoms with E-state index in [2.05, 4.69) is 0 Å². The lowest BCUT2D eigenvalue weighted by Crippen LogP contribution is -2.13. The van der Waals surface area contributed by atoms with Gasteiger partial charge in [-0.3, -0.25) is 4.79 Å². The zero-order valence-corrected chi connectivity index (χ0v) is 14.0. The highest BCUT2D eigenvalue weighted by atomic mass is 16.4. The van der Waals surface area contributed by atoms with Crippen molar-refractivity contribution in [3.05, 3.63) is 106 Å². The van der Waals surface area contributed by atoms with Crippen LogP contribution in [0.3, 0.4) is 0 Å². The molecule has 0 aliphatic carbocycles. The summed E-state index contributed by atoms with van der Waals surface area (Å²) in [6.07, 6.45) is 0.0256. The van der Waals surface area contributed by atoms with Crippen molar-refractivity contribution >= 4 is 16.8 Å². The zero-order valence-electron chi connectivity index (χ0n) is 14.0. The number of benzene rings is 3. The Morgan fingerprint density at radius 3 is 2.19 bits per heavy atom. The number of hydrogen-bond acceptors (Lipinski definition) is 3. The fourth-order valence-corrected chi connectivity index (χ4v) is 2.98. The minimum Gasteiger partial charge on any atom is -0.423 e. The van der Waals surface area contributed by atoms with Crippen LogP contribution in [0.5, 0.6) is 0 Å². The normalized spacial score (nSPS) is 10.8. The maximum Gasteiger partial charge on any atom is 0.339 e. The number of rotatable bonds is 4. The molecule has 3 aromatic carbocycles. The van der Waals surface area contributed by atoms with Crippen molar-refractivity contribution in [1.29, 1.82) is 0 Å². The second-order valence-electron chi connectivity index (χ2n) is 6.14. The van der Waals surface area contributed by atoms with Gasteiger partial charge in [0.25, 0.3) is 0 Å². The molecule has 4 rings (SSSR count). The van der Waals surface area contributed by atoms with Crippen LogP contribution in [0.25, 0.3) is 22.1 Å². The van der Waals surface area contributed by atoms with Crippen LogP contribution < -0.4 is 5.63 Å². The minimum absolute atomic E-state index is 0.0256. The Bertz CT molecular complexity index is 1120. The van der Waals surface area contributed by atoms with Gasteiger partial charge in [-0.2, -0.15) is 0 Å². The molecule has 26 heavy (non-hydrogen) atoms. The van der Waals surface area contributed by atoms with E-state index >= 15 is 0 Å². The third kappa shape index (κ3) is 3.20. The van der Waals surface area contributed by atoms with Gasteiger partial charge in [0.05, 0.1) is 0 Å². The first-order valence-electron chi connectivity index (χ1n) is 8.41. The van der Waals surface area contributed by atoms with Crippen molar-refractivity contribution in [2.24, 2.45) is 0 Å². The fraction of sp³-hybridized carbons (Fsp3) is 0.0435. The average Bonchev–Trinajstić information content (AvgIpc) is 2.69. The lowest BCUT2D eigenvalue weighted by atomic mass is 9.99. The lowest BCUT2D eigenvalue weighted by Gasteiger charge is -2.05. The minimum atomic E-state index is -0.460. The van der Waals surface area contributed by atoms with Gasteiger partial charge >= 0.3 is 5.63 Å². The molecule has 0 amide bonds. The van der Waals surface area contributed by atoms with E-state index in [0.717, 1.165) is 16.5 Å². The Morgan fingerprint density at radius 2 is 1.42 bits per heavy atom. The summed E-state index contributed by atoms with van der Waals surface area (Å²) in [6, 6.07) is 26.4. The van der Waals surface area contributed by atoms with Gasteiger partial charge in [0, 0.05) is 22.9 Å². The lowest BCUT2D eigenvalue weighted by molar-refractivity contribution is 0.0992. The van der Waals surface area contributed by atoms with E-state index in [4.69, 9.17) is 4.42 Å². The maximum atomic E-state index is 12.6. The predicted octanol–water partition coefficient (Wildman–Crippen LogP) is 4.89. The molecule has 0 spiro atoms. The number of para-hydroxylation sites is 1. The van der Waals surface area contributed by atoms with Crippen LogP contribution in [0.15, 0.2) is 94.1 Å². The van der Waals surface area contributed by atoms with Gasteiger partial charge in [0.1, 0.15) is 5.58 Å². The van der Waals surface area contributed by atoms with E-state index in [9.17, 15) is 9.59 Å². The van der Waals surface area contributed by atoms with Crippen molar-refractivity contribution < 1.29 is 9.21 Å². The van der Waals surface area contributed by atoms with Crippen LogP contribution in [0.1, 0.15) is 15.9 Å². The van der Waals surface area contributed by atoms with Gasteiger partial charge in [-0.25, -0.2) is 4.79 Å². The van der Waals surface area contributed by atoms with Gasteiger partial charge in [-0.05, 0) is 23.3 Å². The first kappa shape index (κ1) is 16.0. The first-order valence-corrected chi connectivity index (χ1v) is 8.41. The van der Waals surface area contributed by atoms with Crippen LogP contribution in [0.4, 0.5) is 0 Å². The Kier molecular flexibility index (Phi) is 4.20. The molecule has 0 saturated carbocycles. The van der Waals surface area contributed by atoms with Crippen LogP contribution >= 0.6 is 0 Å². The van der Waals surface area contributed by atoms with E-state index in [1.54, 1.807) is 24.3 Å². The van der Waals surface area contributed by atoms with Crippen LogP contribution in [0, 0.1) is 0 Å². The number of hydrogen-bond donors (Lipinski definition) is 0. The Balaban J connectivity index is 1.59. The van der Waals surface area contributed by atoms with Crippen molar-refractivity contribution in [3.63, 3.8) is 0 Å². The Morgan fingerprint density at radius 1 is 0.769 bits per heavy atom. The number of carbonyl (C=O) groups excluding carboxylic acids is 1. The second-order valence-corrected chi connectivity index (χ2v) is 6.14. The van der Waals surface area contributed by atoms with Crippen LogP contribution in [-0.2, 0) is 6.42 Å². The maximum absolute atomic E-state index is 12.6. The molecule has 0 N–H and O–H groups in total. The van der Waals surface area contributed by atoms with Gasteiger partial charge in [-0.1, -0.05) is 72.8 Å². The highest BCUT2D eigenvalue weighted by Gasteiger charge is 2.12.